The van der Waals surface area contributed by atoms with Gasteiger partial charge >= 0.3 is 0 Å². The number of halogens is 1. The van der Waals surface area contributed by atoms with Crippen LogP contribution in [0.15, 0.2) is 42.5 Å². The van der Waals surface area contributed by atoms with Crippen LogP contribution >= 0.6 is 0 Å². The molecule has 0 spiro atoms. The van der Waals surface area contributed by atoms with E-state index in [-0.39, 0.29) is 11.9 Å². The van der Waals surface area contributed by atoms with Crippen molar-refractivity contribution >= 4 is 16.7 Å². The number of hydrogen-bond acceptors (Lipinski definition) is 2. The van der Waals surface area contributed by atoms with E-state index in [4.69, 9.17) is 0 Å². The van der Waals surface area contributed by atoms with Gasteiger partial charge in [-0.05, 0) is 49.7 Å². The third kappa shape index (κ3) is 2.61. The molecule has 0 saturated heterocycles. The third-order valence-corrected chi connectivity index (χ3v) is 3.63. The van der Waals surface area contributed by atoms with Gasteiger partial charge in [0.05, 0.1) is 17.1 Å². The lowest BCUT2D eigenvalue weighted by Gasteiger charge is -2.15. The van der Waals surface area contributed by atoms with E-state index in [0.717, 1.165) is 28.1 Å². The normalized spacial score (nSPS) is 12.6. The standard InChI is InChI=1S/C17H18FN3/c1-11-8-13(18)10-14(9-11)19-12(2)17-20-15-6-4-5-7-16(15)21(17)3/h4-10,12,19H,1-3H3. The fourth-order valence-electron chi connectivity index (χ4n) is 2.69. The van der Waals surface area contributed by atoms with Crippen LogP contribution in [0, 0.1) is 12.7 Å². The summed E-state index contributed by atoms with van der Waals surface area (Å²) in [6.45, 7) is 3.91. The number of hydrogen-bond donors (Lipinski definition) is 1. The number of nitrogens with zero attached hydrogens (tertiary/aromatic N) is 2. The zero-order valence-corrected chi connectivity index (χ0v) is 12.4. The average molecular weight is 283 g/mol. The Morgan fingerprint density at radius 1 is 1.19 bits per heavy atom. The van der Waals surface area contributed by atoms with Crippen LogP contribution in [0.3, 0.4) is 0 Å². The van der Waals surface area contributed by atoms with E-state index in [0.29, 0.717) is 0 Å². The van der Waals surface area contributed by atoms with Crippen molar-refractivity contribution in [2.45, 2.75) is 19.9 Å². The highest BCUT2D eigenvalue weighted by molar-refractivity contribution is 5.76. The first-order valence-corrected chi connectivity index (χ1v) is 6.99. The molecule has 1 atom stereocenters. The molecule has 0 aliphatic heterocycles. The van der Waals surface area contributed by atoms with E-state index in [1.54, 1.807) is 0 Å². The van der Waals surface area contributed by atoms with Crippen LogP contribution in [0.5, 0.6) is 0 Å². The van der Waals surface area contributed by atoms with Crippen LogP contribution in [0.1, 0.15) is 24.4 Å². The Hall–Kier alpha value is -2.36. The summed E-state index contributed by atoms with van der Waals surface area (Å²) in [6.07, 6.45) is 0. The number of imidazole rings is 1. The fraction of sp³-hybridized carbons (Fsp3) is 0.235. The molecule has 1 aromatic heterocycles. The van der Waals surface area contributed by atoms with E-state index in [9.17, 15) is 4.39 Å². The van der Waals surface area contributed by atoms with E-state index >= 15 is 0 Å². The van der Waals surface area contributed by atoms with Gasteiger partial charge in [-0.2, -0.15) is 0 Å². The molecule has 0 radical (unpaired) electrons. The second-order valence-corrected chi connectivity index (χ2v) is 5.40. The lowest BCUT2D eigenvalue weighted by atomic mass is 10.2. The molecule has 3 aromatic rings. The Morgan fingerprint density at radius 3 is 2.67 bits per heavy atom. The molecule has 1 heterocycles. The molecule has 108 valence electrons. The molecule has 2 aromatic carbocycles. The average Bonchev–Trinajstić information content (AvgIpc) is 2.76. The van der Waals surface area contributed by atoms with Crippen LogP contribution in [0.2, 0.25) is 0 Å². The van der Waals surface area contributed by atoms with E-state index in [2.05, 4.69) is 14.9 Å². The largest absolute Gasteiger partial charge is 0.375 e. The van der Waals surface area contributed by atoms with Gasteiger partial charge in [0, 0.05) is 12.7 Å². The molecule has 21 heavy (non-hydrogen) atoms. The van der Waals surface area contributed by atoms with Gasteiger partial charge in [0.15, 0.2) is 0 Å². The first-order chi connectivity index (χ1) is 10.0. The van der Waals surface area contributed by atoms with Crippen molar-refractivity contribution in [3.05, 3.63) is 59.7 Å². The molecular weight excluding hydrogens is 265 g/mol. The first kappa shape index (κ1) is 13.6. The molecule has 1 unspecified atom stereocenters. The molecule has 0 saturated carbocycles. The number of fused-ring (bicyclic) bond motifs is 1. The molecule has 0 aliphatic rings. The molecule has 0 aliphatic carbocycles. The Bertz CT molecular complexity index is 772. The predicted octanol–water partition coefficient (Wildman–Crippen LogP) is 4.19. The Morgan fingerprint density at radius 2 is 1.95 bits per heavy atom. The van der Waals surface area contributed by atoms with Gasteiger partial charge in [-0.25, -0.2) is 9.37 Å². The number of aromatic nitrogens is 2. The van der Waals surface area contributed by atoms with Gasteiger partial charge in [-0.15, -0.1) is 0 Å². The van der Waals surface area contributed by atoms with Gasteiger partial charge in [0.2, 0.25) is 0 Å². The lowest BCUT2D eigenvalue weighted by Crippen LogP contribution is -2.12. The molecule has 3 rings (SSSR count). The molecular formula is C17H18FN3. The summed E-state index contributed by atoms with van der Waals surface area (Å²) in [5, 5.41) is 3.32. The highest BCUT2D eigenvalue weighted by atomic mass is 19.1. The maximum atomic E-state index is 13.5. The zero-order chi connectivity index (χ0) is 15.0. The summed E-state index contributed by atoms with van der Waals surface area (Å²) >= 11 is 0. The maximum Gasteiger partial charge on any atom is 0.131 e. The van der Waals surface area contributed by atoms with Crippen LogP contribution in [0.4, 0.5) is 10.1 Å². The minimum absolute atomic E-state index is 0.0106. The van der Waals surface area contributed by atoms with Crippen molar-refractivity contribution < 1.29 is 4.39 Å². The zero-order valence-electron chi connectivity index (χ0n) is 12.4. The summed E-state index contributed by atoms with van der Waals surface area (Å²) in [5.41, 5.74) is 3.73. The van der Waals surface area contributed by atoms with Gasteiger partial charge in [0.25, 0.3) is 0 Å². The topological polar surface area (TPSA) is 29.9 Å². The maximum absolute atomic E-state index is 13.5. The van der Waals surface area contributed by atoms with Crippen molar-refractivity contribution in [2.24, 2.45) is 7.05 Å². The van der Waals surface area contributed by atoms with Crippen molar-refractivity contribution in [1.29, 1.82) is 0 Å². The van der Waals surface area contributed by atoms with Crippen LogP contribution < -0.4 is 5.32 Å². The predicted molar refractivity (Wildman–Crippen MR) is 83.9 cm³/mol. The minimum atomic E-state index is -0.227. The second kappa shape index (κ2) is 5.20. The summed E-state index contributed by atoms with van der Waals surface area (Å²) in [7, 11) is 2.00. The van der Waals surface area contributed by atoms with Gasteiger partial charge in [0.1, 0.15) is 11.6 Å². The molecule has 0 amide bonds. The van der Waals surface area contributed by atoms with Crippen LogP contribution in [0.25, 0.3) is 11.0 Å². The molecule has 4 heteroatoms. The SMILES string of the molecule is Cc1cc(F)cc(NC(C)c2nc3ccccc3n2C)c1. The number of anilines is 1. The highest BCUT2D eigenvalue weighted by Gasteiger charge is 2.14. The van der Waals surface area contributed by atoms with E-state index in [1.165, 1.54) is 12.1 Å². The first-order valence-electron chi connectivity index (χ1n) is 6.99. The number of para-hydroxylation sites is 2. The number of aryl methyl sites for hydroxylation is 2. The van der Waals surface area contributed by atoms with Crippen molar-refractivity contribution in [1.82, 2.24) is 9.55 Å². The lowest BCUT2D eigenvalue weighted by molar-refractivity contribution is 0.626. The summed E-state index contributed by atoms with van der Waals surface area (Å²) in [4.78, 5) is 4.66. The number of benzene rings is 2. The van der Waals surface area contributed by atoms with Gasteiger partial charge in [-0.1, -0.05) is 12.1 Å². The van der Waals surface area contributed by atoms with Crippen molar-refractivity contribution in [3.63, 3.8) is 0 Å². The van der Waals surface area contributed by atoms with E-state index in [1.807, 2.05) is 51.2 Å². The monoisotopic (exact) mass is 283 g/mol. The summed E-state index contributed by atoms with van der Waals surface area (Å²) in [5.74, 6) is 0.702. The number of rotatable bonds is 3. The Labute approximate surface area is 123 Å². The van der Waals surface area contributed by atoms with Crippen molar-refractivity contribution in [3.8, 4) is 0 Å². The Balaban J connectivity index is 1.93. The fourth-order valence-corrected chi connectivity index (χ4v) is 2.69. The van der Waals surface area contributed by atoms with Crippen LogP contribution in [-0.2, 0) is 7.05 Å². The van der Waals surface area contributed by atoms with Crippen molar-refractivity contribution in [2.75, 3.05) is 5.32 Å². The second-order valence-electron chi connectivity index (χ2n) is 5.40. The van der Waals surface area contributed by atoms with Gasteiger partial charge in [-0.3, -0.25) is 0 Å². The highest BCUT2D eigenvalue weighted by Crippen LogP contribution is 2.23. The van der Waals surface area contributed by atoms with Crippen LogP contribution in [-0.4, -0.2) is 9.55 Å². The molecule has 1 N–H and O–H groups in total. The summed E-state index contributed by atoms with van der Waals surface area (Å²) in [6, 6.07) is 13.0. The molecule has 0 bridgehead atoms. The van der Waals surface area contributed by atoms with E-state index < -0.39 is 0 Å². The molecule has 3 nitrogen and oxygen atoms in total. The summed E-state index contributed by atoms with van der Waals surface area (Å²) < 4.78 is 15.5. The third-order valence-electron chi connectivity index (χ3n) is 3.63. The van der Waals surface area contributed by atoms with Gasteiger partial charge < -0.3 is 9.88 Å². The smallest absolute Gasteiger partial charge is 0.131 e. The molecule has 0 fully saturated rings. The Kier molecular flexibility index (Phi) is 3.37. The minimum Gasteiger partial charge on any atom is -0.375 e. The quantitative estimate of drug-likeness (QED) is 0.781. The number of nitrogens with one attached hydrogen (secondary N) is 1.